The highest BCUT2D eigenvalue weighted by molar-refractivity contribution is 5.97. The minimum atomic E-state index is -0.689. The lowest BCUT2D eigenvalue weighted by atomic mass is 9.93. The molecule has 0 atom stereocenters. The largest absolute Gasteiger partial charge is 0.493 e. The summed E-state index contributed by atoms with van der Waals surface area (Å²) in [4.78, 5) is 12.9. The molecule has 0 spiro atoms. The van der Waals surface area contributed by atoms with E-state index in [0.717, 1.165) is 48.2 Å². The Kier molecular flexibility index (Phi) is 6.88. The molecular weight excluding hydrogens is 314 g/mol. The molecule has 0 aromatic heterocycles. The molecule has 0 saturated heterocycles. The molecule has 1 aromatic rings. The second-order valence-electron chi connectivity index (χ2n) is 7.71. The fourth-order valence-corrected chi connectivity index (χ4v) is 3.57. The fraction of sp³-hybridized carbons (Fsp3) is 0.667. The van der Waals surface area contributed by atoms with Gasteiger partial charge in [0.15, 0.2) is 0 Å². The van der Waals surface area contributed by atoms with Crippen LogP contribution in [0.2, 0.25) is 0 Å². The third-order valence-corrected chi connectivity index (χ3v) is 4.99. The first-order valence-corrected chi connectivity index (χ1v) is 9.48. The monoisotopic (exact) mass is 347 g/mol. The van der Waals surface area contributed by atoms with Crippen molar-refractivity contribution in [2.24, 2.45) is 5.92 Å². The van der Waals surface area contributed by atoms with Crippen molar-refractivity contribution in [3.8, 4) is 5.75 Å². The SMILES string of the molecule is COC1(C(=O)Nc2cc(C)c(OCC(C)C)c(C)c2)CCCCCC1. The highest BCUT2D eigenvalue weighted by atomic mass is 16.5. The first-order valence-electron chi connectivity index (χ1n) is 9.48. The van der Waals surface area contributed by atoms with Gasteiger partial charge in [0, 0.05) is 12.8 Å². The average molecular weight is 347 g/mol. The number of nitrogens with one attached hydrogen (secondary N) is 1. The summed E-state index contributed by atoms with van der Waals surface area (Å²) in [6.45, 7) is 9.01. The van der Waals surface area contributed by atoms with E-state index in [2.05, 4.69) is 19.2 Å². The van der Waals surface area contributed by atoms with E-state index in [0.29, 0.717) is 12.5 Å². The second-order valence-corrected chi connectivity index (χ2v) is 7.71. The molecule has 1 aliphatic rings. The molecule has 1 saturated carbocycles. The number of methoxy groups -OCH3 is 1. The summed E-state index contributed by atoms with van der Waals surface area (Å²) in [5.74, 6) is 1.38. The zero-order chi connectivity index (χ0) is 18.4. The molecule has 4 heteroatoms. The van der Waals surface area contributed by atoms with Crippen LogP contribution >= 0.6 is 0 Å². The molecule has 140 valence electrons. The third-order valence-electron chi connectivity index (χ3n) is 4.99. The van der Waals surface area contributed by atoms with Gasteiger partial charge in [-0.2, -0.15) is 0 Å². The fourth-order valence-electron chi connectivity index (χ4n) is 3.57. The molecule has 1 aromatic carbocycles. The summed E-state index contributed by atoms with van der Waals surface area (Å²) < 4.78 is 11.6. The van der Waals surface area contributed by atoms with Crippen LogP contribution in [0.1, 0.15) is 63.5 Å². The van der Waals surface area contributed by atoms with Crippen molar-refractivity contribution < 1.29 is 14.3 Å². The zero-order valence-electron chi connectivity index (χ0n) is 16.4. The van der Waals surface area contributed by atoms with Crippen molar-refractivity contribution in [1.82, 2.24) is 0 Å². The Hall–Kier alpha value is -1.55. The molecule has 2 rings (SSSR count). The molecule has 1 aliphatic carbocycles. The van der Waals surface area contributed by atoms with E-state index < -0.39 is 5.60 Å². The first-order chi connectivity index (χ1) is 11.9. The van der Waals surface area contributed by atoms with E-state index in [4.69, 9.17) is 9.47 Å². The van der Waals surface area contributed by atoms with E-state index in [-0.39, 0.29) is 5.91 Å². The van der Waals surface area contributed by atoms with Crippen molar-refractivity contribution >= 4 is 11.6 Å². The Balaban J connectivity index is 2.14. The number of aryl methyl sites for hydroxylation is 2. The van der Waals surface area contributed by atoms with Gasteiger partial charge in [0.05, 0.1) is 6.61 Å². The predicted octanol–water partition coefficient (Wildman–Crippen LogP) is 5.02. The number of ether oxygens (including phenoxy) is 2. The molecule has 0 unspecified atom stereocenters. The molecule has 0 radical (unpaired) electrons. The Morgan fingerprint density at radius 2 is 1.68 bits per heavy atom. The molecule has 4 nitrogen and oxygen atoms in total. The van der Waals surface area contributed by atoms with Gasteiger partial charge in [0.1, 0.15) is 11.4 Å². The highest BCUT2D eigenvalue weighted by Gasteiger charge is 2.38. The standard InChI is InChI=1S/C21H33NO3/c1-15(2)14-25-19-16(3)12-18(13-17(19)4)22-20(23)21(24-5)10-8-6-7-9-11-21/h12-13,15H,6-11,14H2,1-5H3,(H,22,23). The van der Waals surface area contributed by atoms with Crippen LogP contribution in [0.4, 0.5) is 5.69 Å². The van der Waals surface area contributed by atoms with Gasteiger partial charge < -0.3 is 14.8 Å². The predicted molar refractivity (Wildman–Crippen MR) is 102 cm³/mol. The normalized spacial score (nSPS) is 17.2. The Bertz CT molecular complexity index is 564. The Morgan fingerprint density at radius 1 is 1.12 bits per heavy atom. The van der Waals surface area contributed by atoms with Gasteiger partial charge in [-0.1, -0.05) is 39.5 Å². The minimum absolute atomic E-state index is 0.0217. The van der Waals surface area contributed by atoms with Crippen molar-refractivity contribution in [2.75, 3.05) is 19.0 Å². The van der Waals surface area contributed by atoms with Gasteiger partial charge in [-0.15, -0.1) is 0 Å². The molecule has 1 fully saturated rings. The van der Waals surface area contributed by atoms with Gasteiger partial charge in [-0.3, -0.25) is 4.79 Å². The molecular formula is C21H33NO3. The smallest absolute Gasteiger partial charge is 0.256 e. The number of anilines is 1. The summed E-state index contributed by atoms with van der Waals surface area (Å²) in [5.41, 5.74) is 2.22. The first kappa shape index (κ1) is 19.8. The molecule has 0 bridgehead atoms. The molecule has 0 aliphatic heterocycles. The second kappa shape index (κ2) is 8.70. The van der Waals surface area contributed by atoms with E-state index in [1.54, 1.807) is 7.11 Å². The van der Waals surface area contributed by atoms with Gasteiger partial charge in [0.2, 0.25) is 0 Å². The number of carbonyl (C=O) groups excluding carboxylic acids is 1. The lowest BCUT2D eigenvalue weighted by Gasteiger charge is -2.30. The van der Waals surface area contributed by atoms with Crippen molar-refractivity contribution in [3.05, 3.63) is 23.3 Å². The van der Waals surface area contributed by atoms with Crippen molar-refractivity contribution in [2.45, 2.75) is 71.8 Å². The number of rotatable bonds is 6. The number of hydrogen-bond donors (Lipinski definition) is 1. The van der Waals surface area contributed by atoms with Crippen LogP contribution in [-0.2, 0) is 9.53 Å². The van der Waals surface area contributed by atoms with Crippen LogP contribution in [0.25, 0.3) is 0 Å². The summed E-state index contributed by atoms with van der Waals surface area (Å²) >= 11 is 0. The van der Waals surface area contributed by atoms with Crippen LogP contribution in [-0.4, -0.2) is 25.2 Å². The third kappa shape index (κ3) is 4.97. The van der Waals surface area contributed by atoms with Crippen LogP contribution in [0, 0.1) is 19.8 Å². The lowest BCUT2D eigenvalue weighted by molar-refractivity contribution is -0.139. The number of hydrogen-bond acceptors (Lipinski definition) is 3. The zero-order valence-corrected chi connectivity index (χ0v) is 16.4. The average Bonchev–Trinajstić information content (AvgIpc) is 2.80. The topological polar surface area (TPSA) is 47.6 Å². The Labute approximate surface area is 152 Å². The summed E-state index contributed by atoms with van der Waals surface area (Å²) in [7, 11) is 1.66. The van der Waals surface area contributed by atoms with Crippen LogP contribution in [0.3, 0.4) is 0 Å². The van der Waals surface area contributed by atoms with Gasteiger partial charge >= 0.3 is 0 Å². The quantitative estimate of drug-likeness (QED) is 0.735. The lowest BCUT2D eigenvalue weighted by Crippen LogP contribution is -2.44. The van der Waals surface area contributed by atoms with E-state index in [1.807, 2.05) is 26.0 Å². The van der Waals surface area contributed by atoms with Crippen molar-refractivity contribution in [1.29, 1.82) is 0 Å². The number of amides is 1. The summed E-state index contributed by atoms with van der Waals surface area (Å²) in [6.07, 6.45) is 6.03. The van der Waals surface area contributed by atoms with Crippen LogP contribution in [0.15, 0.2) is 12.1 Å². The number of benzene rings is 1. The maximum Gasteiger partial charge on any atom is 0.256 e. The maximum atomic E-state index is 12.9. The molecule has 1 N–H and O–H groups in total. The number of carbonyl (C=O) groups is 1. The van der Waals surface area contributed by atoms with E-state index in [1.165, 1.54) is 12.8 Å². The van der Waals surface area contributed by atoms with Crippen LogP contribution < -0.4 is 10.1 Å². The molecule has 0 heterocycles. The maximum absolute atomic E-state index is 12.9. The minimum Gasteiger partial charge on any atom is -0.493 e. The molecule has 1 amide bonds. The highest BCUT2D eigenvalue weighted by Crippen LogP contribution is 2.33. The van der Waals surface area contributed by atoms with Gasteiger partial charge in [0.25, 0.3) is 5.91 Å². The van der Waals surface area contributed by atoms with E-state index in [9.17, 15) is 4.79 Å². The Morgan fingerprint density at radius 3 is 2.16 bits per heavy atom. The van der Waals surface area contributed by atoms with E-state index >= 15 is 0 Å². The summed E-state index contributed by atoms with van der Waals surface area (Å²) in [5, 5.41) is 3.09. The summed E-state index contributed by atoms with van der Waals surface area (Å²) in [6, 6.07) is 3.97. The van der Waals surface area contributed by atoms with Crippen LogP contribution in [0.5, 0.6) is 5.75 Å². The molecule has 25 heavy (non-hydrogen) atoms. The van der Waals surface area contributed by atoms with Gasteiger partial charge in [-0.25, -0.2) is 0 Å². The van der Waals surface area contributed by atoms with Gasteiger partial charge in [-0.05, 0) is 55.9 Å². The van der Waals surface area contributed by atoms with Crippen molar-refractivity contribution in [3.63, 3.8) is 0 Å².